The van der Waals surface area contributed by atoms with Crippen LogP contribution < -0.4 is 15.8 Å². The van der Waals surface area contributed by atoms with Gasteiger partial charge in [0.2, 0.25) is 15.9 Å². The molecule has 148 valence electrons. The van der Waals surface area contributed by atoms with E-state index in [4.69, 9.17) is 15.2 Å². The summed E-state index contributed by atoms with van der Waals surface area (Å²) in [6.45, 7) is 3.46. The first-order chi connectivity index (χ1) is 11.9. The summed E-state index contributed by atoms with van der Waals surface area (Å²) in [6.07, 6.45) is 0.0694. The molecule has 0 unspecified atom stereocenters. The van der Waals surface area contributed by atoms with E-state index < -0.39 is 10.0 Å². The largest absolute Gasteiger partial charge is 0.495 e. The van der Waals surface area contributed by atoms with Gasteiger partial charge in [-0.1, -0.05) is 6.07 Å². The summed E-state index contributed by atoms with van der Waals surface area (Å²) < 4.78 is 37.6. The number of carbonyl (C=O) groups is 1. The number of ether oxygens (including phenoxy) is 2. The monoisotopic (exact) mass is 407 g/mol. The third-order valence-corrected chi connectivity index (χ3v) is 5.86. The molecule has 2 rings (SSSR count). The van der Waals surface area contributed by atoms with Gasteiger partial charge in [0.05, 0.1) is 26.7 Å². The van der Waals surface area contributed by atoms with Gasteiger partial charge in [0.25, 0.3) is 0 Å². The molecule has 1 amide bonds. The van der Waals surface area contributed by atoms with Gasteiger partial charge in [-0.2, -0.15) is 4.31 Å². The van der Waals surface area contributed by atoms with Crippen molar-refractivity contribution in [2.24, 2.45) is 5.73 Å². The first-order valence-electron chi connectivity index (χ1n) is 8.12. The minimum atomic E-state index is -3.71. The molecule has 0 aromatic heterocycles. The van der Waals surface area contributed by atoms with Crippen molar-refractivity contribution in [3.05, 3.63) is 23.8 Å². The molecule has 1 aliphatic rings. The number of nitrogens with zero attached hydrogens (tertiary/aromatic N) is 1. The van der Waals surface area contributed by atoms with Crippen LogP contribution in [0.1, 0.15) is 12.5 Å². The summed E-state index contributed by atoms with van der Waals surface area (Å²) in [5.74, 6) is 0.0452. The lowest BCUT2D eigenvalue weighted by molar-refractivity contribution is -0.120. The molecule has 0 radical (unpaired) electrons. The SMILES string of the molecule is COc1ccc(CC(=O)N[C@@H](C)CN)cc1S(=O)(=O)N1CCOCC1.Cl. The van der Waals surface area contributed by atoms with Crippen LogP contribution in [0.15, 0.2) is 23.1 Å². The summed E-state index contributed by atoms with van der Waals surface area (Å²) in [5.41, 5.74) is 6.08. The van der Waals surface area contributed by atoms with Gasteiger partial charge >= 0.3 is 0 Å². The lowest BCUT2D eigenvalue weighted by Gasteiger charge is -2.26. The van der Waals surface area contributed by atoms with Crippen LogP contribution in [0.2, 0.25) is 0 Å². The summed E-state index contributed by atoms with van der Waals surface area (Å²) in [6, 6.07) is 4.62. The second-order valence-electron chi connectivity index (χ2n) is 5.88. The number of hydrogen-bond donors (Lipinski definition) is 2. The molecule has 1 fully saturated rings. The number of sulfonamides is 1. The smallest absolute Gasteiger partial charge is 0.246 e. The van der Waals surface area contributed by atoms with Gasteiger partial charge in [0.1, 0.15) is 10.6 Å². The van der Waals surface area contributed by atoms with Crippen molar-refractivity contribution in [3.63, 3.8) is 0 Å². The zero-order chi connectivity index (χ0) is 18.4. The highest BCUT2D eigenvalue weighted by atomic mass is 35.5. The first-order valence-corrected chi connectivity index (χ1v) is 9.56. The average Bonchev–Trinajstić information content (AvgIpc) is 2.62. The Kier molecular flexibility index (Phi) is 8.78. The number of carbonyl (C=O) groups excluding carboxylic acids is 1. The molecule has 0 aliphatic carbocycles. The summed E-state index contributed by atoms with van der Waals surface area (Å²) >= 11 is 0. The van der Waals surface area contributed by atoms with E-state index in [1.807, 2.05) is 0 Å². The second kappa shape index (κ2) is 10.1. The Balaban J connectivity index is 0.00000338. The number of methoxy groups -OCH3 is 1. The van der Waals surface area contributed by atoms with Crippen LogP contribution in [0.5, 0.6) is 5.75 Å². The highest BCUT2D eigenvalue weighted by Crippen LogP contribution is 2.28. The Morgan fingerprint density at radius 3 is 2.62 bits per heavy atom. The van der Waals surface area contributed by atoms with Crippen molar-refractivity contribution in [2.75, 3.05) is 40.0 Å². The molecular weight excluding hydrogens is 382 g/mol. The first kappa shape index (κ1) is 22.7. The van der Waals surface area contributed by atoms with Crippen molar-refractivity contribution in [1.29, 1.82) is 0 Å². The number of hydrogen-bond acceptors (Lipinski definition) is 6. The molecule has 0 spiro atoms. The second-order valence-corrected chi connectivity index (χ2v) is 7.79. The Labute approximate surface area is 160 Å². The molecule has 1 aliphatic heterocycles. The molecule has 0 bridgehead atoms. The molecular formula is C16H26ClN3O5S. The maximum Gasteiger partial charge on any atom is 0.246 e. The minimum absolute atomic E-state index is 0. The van der Waals surface area contributed by atoms with E-state index >= 15 is 0 Å². The van der Waals surface area contributed by atoms with Crippen molar-refractivity contribution >= 4 is 28.3 Å². The van der Waals surface area contributed by atoms with Crippen LogP contribution in [-0.2, 0) is 26.0 Å². The highest BCUT2D eigenvalue weighted by molar-refractivity contribution is 7.89. The third-order valence-electron chi connectivity index (χ3n) is 3.94. The lowest BCUT2D eigenvalue weighted by Crippen LogP contribution is -2.40. The normalized spacial score (nSPS) is 16.4. The Morgan fingerprint density at radius 2 is 2.04 bits per heavy atom. The van der Waals surface area contributed by atoms with Crippen LogP contribution in [-0.4, -0.2) is 64.6 Å². The van der Waals surface area contributed by atoms with Crippen molar-refractivity contribution in [1.82, 2.24) is 9.62 Å². The zero-order valence-corrected chi connectivity index (χ0v) is 16.6. The van der Waals surface area contributed by atoms with Crippen molar-refractivity contribution in [3.8, 4) is 5.75 Å². The average molecular weight is 408 g/mol. The van der Waals surface area contributed by atoms with Crippen LogP contribution in [0.25, 0.3) is 0 Å². The molecule has 3 N–H and O–H groups in total. The number of nitrogens with one attached hydrogen (secondary N) is 1. The molecule has 1 aromatic carbocycles. The van der Waals surface area contributed by atoms with Crippen LogP contribution >= 0.6 is 12.4 Å². The maximum absolute atomic E-state index is 12.9. The molecule has 1 saturated heterocycles. The van der Waals surface area contributed by atoms with Gasteiger partial charge in [-0.15, -0.1) is 12.4 Å². The van der Waals surface area contributed by atoms with Gasteiger partial charge in [-0.3, -0.25) is 4.79 Å². The fraction of sp³-hybridized carbons (Fsp3) is 0.562. The van der Waals surface area contributed by atoms with Gasteiger partial charge in [0, 0.05) is 25.7 Å². The maximum atomic E-state index is 12.9. The molecule has 8 nitrogen and oxygen atoms in total. The van der Waals surface area contributed by atoms with Crippen LogP contribution in [0.4, 0.5) is 0 Å². The van der Waals surface area contributed by atoms with Crippen molar-refractivity contribution < 1.29 is 22.7 Å². The molecule has 26 heavy (non-hydrogen) atoms. The molecule has 1 heterocycles. The van der Waals surface area contributed by atoms with Gasteiger partial charge < -0.3 is 20.5 Å². The van der Waals surface area contributed by atoms with E-state index in [-0.39, 0.29) is 41.4 Å². The standard InChI is InChI=1S/C16H25N3O5S.ClH/c1-12(11-17)18-16(20)10-13-3-4-14(23-2)15(9-13)25(21,22)19-5-7-24-8-6-19;/h3-4,9,12H,5-8,10-11,17H2,1-2H3,(H,18,20);1H/t12-;/m0./s1. The Bertz CT molecular complexity index is 708. The minimum Gasteiger partial charge on any atom is -0.495 e. The number of benzene rings is 1. The van der Waals surface area contributed by atoms with Gasteiger partial charge in [0.15, 0.2) is 0 Å². The van der Waals surface area contributed by atoms with E-state index in [2.05, 4.69) is 5.32 Å². The summed E-state index contributed by atoms with van der Waals surface area (Å²) in [5, 5.41) is 2.76. The summed E-state index contributed by atoms with van der Waals surface area (Å²) in [7, 11) is -2.29. The van der Waals surface area contributed by atoms with Gasteiger partial charge in [-0.05, 0) is 24.6 Å². The fourth-order valence-electron chi connectivity index (χ4n) is 2.53. The van der Waals surface area contributed by atoms with Gasteiger partial charge in [-0.25, -0.2) is 8.42 Å². The number of morpholine rings is 1. The highest BCUT2D eigenvalue weighted by Gasteiger charge is 2.29. The molecule has 1 atom stereocenters. The van der Waals surface area contributed by atoms with E-state index in [9.17, 15) is 13.2 Å². The van der Waals surface area contributed by atoms with Crippen molar-refractivity contribution in [2.45, 2.75) is 24.3 Å². The van der Waals surface area contributed by atoms with E-state index in [1.54, 1.807) is 19.1 Å². The number of amides is 1. The Morgan fingerprint density at radius 1 is 1.38 bits per heavy atom. The topological polar surface area (TPSA) is 111 Å². The molecule has 1 aromatic rings. The number of halogens is 1. The van der Waals surface area contributed by atoms with E-state index in [0.717, 1.165) is 0 Å². The van der Waals surface area contributed by atoms with E-state index in [0.29, 0.717) is 38.4 Å². The number of nitrogens with two attached hydrogens (primary N) is 1. The quantitative estimate of drug-likeness (QED) is 0.665. The van der Waals surface area contributed by atoms with Crippen LogP contribution in [0, 0.1) is 0 Å². The lowest BCUT2D eigenvalue weighted by atomic mass is 10.1. The van der Waals surface area contributed by atoms with E-state index in [1.165, 1.54) is 17.5 Å². The predicted octanol–water partition coefficient (Wildman–Crippen LogP) is 0.144. The van der Waals surface area contributed by atoms with Crippen LogP contribution in [0.3, 0.4) is 0 Å². The number of rotatable bonds is 7. The Hall–Kier alpha value is -1.39. The molecule has 0 saturated carbocycles. The summed E-state index contributed by atoms with van der Waals surface area (Å²) in [4.78, 5) is 12.1. The molecule has 10 heteroatoms. The predicted molar refractivity (Wildman–Crippen MR) is 100 cm³/mol. The zero-order valence-electron chi connectivity index (χ0n) is 14.9. The third kappa shape index (κ3) is 5.55. The fourth-order valence-corrected chi connectivity index (χ4v) is 4.14.